The lowest BCUT2D eigenvalue weighted by Gasteiger charge is -2.33. The van der Waals surface area contributed by atoms with Crippen LogP contribution in [0, 0.1) is 0 Å². The first-order valence-electron chi connectivity index (χ1n) is 10.5. The van der Waals surface area contributed by atoms with Gasteiger partial charge in [-0.2, -0.15) is 0 Å². The summed E-state index contributed by atoms with van der Waals surface area (Å²) in [4.78, 5) is 22.0. The fourth-order valence-corrected chi connectivity index (χ4v) is 4.61. The molecule has 2 aromatic heterocycles. The van der Waals surface area contributed by atoms with E-state index in [-0.39, 0.29) is 11.8 Å². The molecule has 154 valence electrons. The molecule has 0 N–H and O–H groups in total. The molecule has 0 aliphatic carbocycles. The van der Waals surface area contributed by atoms with Crippen LogP contribution in [-0.2, 0) is 6.54 Å². The minimum absolute atomic E-state index is 0.117. The first-order valence-corrected chi connectivity index (χ1v) is 10.5. The largest absolute Gasteiger partial charge is 0.420 e. The van der Waals surface area contributed by atoms with Gasteiger partial charge in [-0.3, -0.25) is 9.47 Å². The van der Waals surface area contributed by atoms with E-state index in [1.807, 2.05) is 49.0 Å². The Morgan fingerprint density at radius 3 is 2.80 bits per heavy atom. The quantitative estimate of drug-likeness (QED) is 0.516. The van der Waals surface area contributed by atoms with Crippen molar-refractivity contribution in [3.63, 3.8) is 0 Å². The number of nitrogens with zero attached hydrogens (tertiary/aromatic N) is 4. The maximum Gasteiger partial charge on any atom is 0.420 e. The van der Waals surface area contributed by atoms with Crippen LogP contribution in [0.3, 0.4) is 0 Å². The van der Waals surface area contributed by atoms with Crippen molar-refractivity contribution in [3.8, 4) is 0 Å². The highest BCUT2D eigenvalue weighted by Crippen LogP contribution is 2.28. The Balaban J connectivity index is 1.45. The van der Waals surface area contributed by atoms with Crippen molar-refractivity contribution in [2.45, 2.75) is 25.4 Å². The third kappa shape index (κ3) is 3.37. The topological polar surface area (TPSA) is 54.5 Å². The van der Waals surface area contributed by atoms with E-state index in [0.717, 1.165) is 54.7 Å². The number of aromatic nitrogens is 2. The first-order chi connectivity index (χ1) is 14.6. The van der Waals surface area contributed by atoms with E-state index in [4.69, 9.17) is 9.40 Å². The number of fused-ring (bicyclic) bond motifs is 2. The lowest BCUT2D eigenvalue weighted by atomic mass is 10.0. The van der Waals surface area contributed by atoms with E-state index >= 15 is 0 Å². The molecule has 1 saturated heterocycles. The second-order valence-corrected chi connectivity index (χ2v) is 8.30. The van der Waals surface area contributed by atoms with Gasteiger partial charge in [-0.05, 0) is 43.7 Å². The van der Waals surface area contributed by atoms with Gasteiger partial charge in [0.1, 0.15) is 5.82 Å². The summed E-state index contributed by atoms with van der Waals surface area (Å²) in [6, 6.07) is 18.3. The third-order valence-electron chi connectivity index (χ3n) is 5.96. The van der Waals surface area contributed by atoms with Crippen LogP contribution >= 0.6 is 0 Å². The van der Waals surface area contributed by atoms with Crippen LogP contribution in [0.25, 0.3) is 22.0 Å². The molecule has 0 amide bonds. The highest BCUT2D eigenvalue weighted by atomic mass is 16.4. The number of pyridine rings is 1. The Morgan fingerprint density at radius 2 is 1.93 bits per heavy atom. The van der Waals surface area contributed by atoms with Gasteiger partial charge < -0.3 is 9.32 Å². The molecule has 1 atom stereocenters. The molecular weight excluding hydrogens is 376 g/mol. The van der Waals surface area contributed by atoms with E-state index in [1.54, 1.807) is 0 Å². The molecule has 2 aromatic carbocycles. The summed E-state index contributed by atoms with van der Waals surface area (Å²) in [5, 5.41) is 1.16. The SMILES string of the molecule is CN(C)c1nc2ccccc2cc1CN1CCC[C@H](n2c(=O)oc3ccccc32)C1. The van der Waals surface area contributed by atoms with Gasteiger partial charge in [-0.25, -0.2) is 9.78 Å². The summed E-state index contributed by atoms with van der Waals surface area (Å²) in [5.41, 5.74) is 3.77. The molecular formula is C24H26N4O2. The van der Waals surface area contributed by atoms with Crippen molar-refractivity contribution in [2.24, 2.45) is 0 Å². The molecule has 30 heavy (non-hydrogen) atoms. The molecule has 0 spiro atoms. The number of oxazole rings is 1. The zero-order valence-corrected chi connectivity index (χ0v) is 17.4. The zero-order chi connectivity index (χ0) is 20.7. The van der Waals surface area contributed by atoms with Crippen LogP contribution in [0.4, 0.5) is 5.82 Å². The second kappa shape index (κ2) is 7.61. The van der Waals surface area contributed by atoms with Crippen LogP contribution < -0.4 is 10.7 Å². The van der Waals surface area contributed by atoms with E-state index in [0.29, 0.717) is 5.58 Å². The van der Waals surface area contributed by atoms with Gasteiger partial charge in [0.05, 0.1) is 17.1 Å². The number of para-hydroxylation sites is 3. The van der Waals surface area contributed by atoms with Crippen molar-refractivity contribution < 1.29 is 4.42 Å². The zero-order valence-electron chi connectivity index (χ0n) is 17.4. The second-order valence-electron chi connectivity index (χ2n) is 8.30. The van der Waals surface area contributed by atoms with Gasteiger partial charge in [-0.1, -0.05) is 30.3 Å². The summed E-state index contributed by atoms with van der Waals surface area (Å²) < 4.78 is 7.32. The van der Waals surface area contributed by atoms with Crippen molar-refractivity contribution >= 4 is 27.8 Å². The molecule has 3 heterocycles. The number of rotatable bonds is 4. The van der Waals surface area contributed by atoms with Crippen molar-refractivity contribution in [2.75, 3.05) is 32.1 Å². The van der Waals surface area contributed by atoms with Crippen molar-refractivity contribution in [1.29, 1.82) is 0 Å². The van der Waals surface area contributed by atoms with Gasteiger partial charge in [0.15, 0.2) is 5.58 Å². The minimum atomic E-state index is -0.260. The maximum atomic E-state index is 12.6. The van der Waals surface area contributed by atoms with Crippen molar-refractivity contribution in [3.05, 3.63) is 70.7 Å². The molecule has 0 radical (unpaired) electrons. The van der Waals surface area contributed by atoms with Crippen LogP contribution in [0.15, 0.2) is 63.8 Å². The highest BCUT2D eigenvalue weighted by Gasteiger charge is 2.26. The van der Waals surface area contributed by atoms with Crippen LogP contribution in [0.2, 0.25) is 0 Å². The lowest BCUT2D eigenvalue weighted by molar-refractivity contribution is 0.168. The molecule has 0 saturated carbocycles. The van der Waals surface area contributed by atoms with Crippen LogP contribution in [0.5, 0.6) is 0 Å². The fraction of sp³-hybridized carbons (Fsp3) is 0.333. The number of benzene rings is 2. The van der Waals surface area contributed by atoms with Gasteiger partial charge in [-0.15, -0.1) is 0 Å². The maximum absolute atomic E-state index is 12.6. The fourth-order valence-electron chi connectivity index (χ4n) is 4.61. The normalized spacial score (nSPS) is 17.6. The highest BCUT2D eigenvalue weighted by molar-refractivity contribution is 5.81. The van der Waals surface area contributed by atoms with E-state index in [2.05, 4.69) is 34.1 Å². The standard InChI is InChI=1S/C24H26N4O2/c1-26(2)23-18(14-17-8-3-4-10-20(17)25-23)15-27-13-7-9-19(16-27)28-21-11-5-6-12-22(21)30-24(28)29/h3-6,8,10-12,14,19H,7,9,13,15-16H2,1-2H3/t19-/m0/s1. The molecule has 6 nitrogen and oxygen atoms in total. The van der Waals surface area contributed by atoms with E-state index in [1.165, 1.54) is 5.56 Å². The van der Waals surface area contributed by atoms with E-state index in [9.17, 15) is 4.79 Å². The van der Waals surface area contributed by atoms with E-state index < -0.39 is 0 Å². The summed E-state index contributed by atoms with van der Waals surface area (Å²) in [6.07, 6.45) is 2.03. The number of anilines is 1. The number of hydrogen-bond donors (Lipinski definition) is 0. The Morgan fingerprint density at radius 1 is 1.13 bits per heavy atom. The van der Waals surface area contributed by atoms with Crippen LogP contribution in [-0.4, -0.2) is 41.6 Å². The van der Waals surface area contributed by atoms with Gasteiger partial charge >= 0.3 is 5.76 Å². The summed E-state index contributed by atoms with van der Waals surface area (Å²) in [7, 11) is 4.08. The predicted molar refractivity (Wildman–Crippen MR) is 120 cm³/mol. The first kappa shape index (κ1) is 18.9. The molecule has 0 unspecified atom stereocenters. The van der Waals surface area contributed by atoms with Gasteiger partial charge in [0.2, 0.25) is 0 Å². The predicted octanol–water partition coefficient (Wildman–Crippen LogP) is 4.05. The Labute approximate surface area is 175 Å². The Kier molecular flexibility index (Phi) is 4.79. The number of hydrogen-bond acceptors (Lipinski definition) is 5. The molecule has 6 heteroatoms. The average molecular weight is 402 g/mol. The third-order valence-corrected chi connectivity index (χ3v) is 5.96. The molecule has 1 aliphatic heterocycles. The van der Waals surface area contributed by atoms with Gasteiger partial charge in [0, 0.05) is 38.1 Å². The minimum Gasteiger partial charge on any atom is -0.408 e. The smallest absolute Gasteiger partial charge is 0.408 e. The molecule has 1 fully saturated rings. The monoisotopic (exact) mass is 402 g/mol. The molecule has 0 bridgehead atoms. The Hall–Kier alpha value is -3.12. The molecule has 4 aromatic rings. The summed E-state index contributed by atoms with van der Waals surface area (Å²) >= 11 is 0. The average Bonchev–Trinajstić information content (AvgIpc) is 3.09. The Bertz CT molecular complexity index is 1260. The molecule has 1 aliphatic rings. The van der Waals surface area contributed by atoms with Crippen molar-refractivity contribution in [1.82, 2.24) is 14.5 Å². The number of piperidine rings is 1. The van der Waals surface area contributed by atoms with Gasteiger partial charge in [0.25, 0.3) is 0 Å². The number of likely N-dealkylation sites (tertiary alicyclic amines) is 1. The lowest BCUT2D eigenvalue weighted by Crippen LogP contribution is -2.38. The summed E-state index contributed by atoms with van der Waals surface area (Å²) in [5.74, 6) is 0.742. The van der Waals surface area contributed by atoms with Crippen LogP contribution in [0.1, 0.15) is 24.4 Å². The summed E-state index contributed by atoms with van der Waals surface area (Å²) in [6.45, 7) is 2.65. The molecule has 5 rings (SSSR count).